The molecule has 164 valence electrons. The van der Waals surface area contributed by atoms with Crippen molar-refractivity contribution in [1.29, 1.82) is 0 Å². The second-order valence-electron chi connectivity index (χ2n) is 6.56. The van der Waals surface area contributed by atoms with E-state index in [1.807, 2.05) is 12.1 Å². The quantitative estimate of drug-likeness (QED) is 0.339. The van der Waals surface area contributed by atoms with Crippen molar-refractivity contribution >= 4 is 23.2 Å². The number of non-ortho nitro benzene ring substituents is 1. The lowest BCUT2D eigenvalue weighted by Crippen LogP contribution is -2.28. The minimum absolute atomic E-state index is 0.0203. The van der Waals surface area contributed by atoms with E-state index in [9.17, 15) is 19.7 Å². The third kappa shape index (κ3) is 7.11. The van der Waals surface area contributed by atoms with Crippen LogP contribution >= 0.6 is 0 Å². The van der Waals surface area contributed by atoms with Crippen molar-refractivity contribution < 1.29 is 24.0 Å². The van der Waals surface area contributed by atoms with E-state index in [1.54, 1.807) is 27.2 Å². The Labute approximate surface area is 179 Å². The molecule has 31 heavy (non-hydrogen) atoms. The van der Waals surface area contributed by atoms with Crippen LogP contribution in [0.4, 0.5) is 5.69 Å². The molecule has 2 rings (SSSR count). The maximum atomic E-state index is 12.1. The Hall–Kier alpha value is -3.95. The van der Waals surface area contributed by atoms with Crippen LogP contribution in [0, 0.1) is 10.1 Å². The molecule has 0 aromatic heterocycles. The molecular weight excluding hydrogens is 404 g/mol. The van der Waals surface area contributed by atoms with Gasteiger partial charge in [0.05, 0.1) is 25.6 Å². The number of methoxy groups -OCH3 is 2. The number of nitrogens with zero attached hydrogens (tertiary/aromatic N) is 2. The Morgan fingerprint density at radius 3 is 2.35 bits per heavy atom. The second kappa shape index (κ2) is 11.3. The molecule has 0 aliphatic carbocycles. The van der Waals surface area contributed by atoms with Gasteiger partial charge in [-0.3, -0.25) is 19.7 Å². The predicted molar refractivity (Wildman–Crippen MR) is 115 cm³/mol. The van der Waals surface area contributed by atoms with E-state index in [2.05, 4.69) is 15.8 Å². The zero-order chi connectivity index (χ0) is 22.8. The van der Waals surface area contributed by atoms with Gasteiger partial charge in [-0.1, -0.05) is 6.07 Å². The number of amides is 2. The third-order valence-corrected chi connectivity index (χ3v) is 4.29. The number of hydrogen-bond acceptors (Lipinski definition) is 7. The van der Waals surface area contributed by atoms with E-state index in [4.69, 9.17) is 9.47 Å². The fourth-order valence-electron chi connectivity index (χ4n) is 2.66. The van der Waals surface area contributed by atoms with Crippen molar-refractivity contribution in [2.45, 2.75) is 19.8 Å². The summed E-state index contributed by atoms with van der Waals surface area (Å²) in [7, 11) is 3.13. The van der Waals surface area contributed by atoms with Crippen LogP contribution in [0.1, 0.15) is 29.3 Å². The van der Waals surface area contributed by atoms with E-state index < -0.39 is 10.8 Å². The van der Waals surface area contributed by atoms with Crippen molar-refractivity contribution in [2.24, 2.45) is 5.10 Å². The molecule has 2 amide bonds. The molecule has 0 spiro atoms. The van der Waals surface area contributed by atoms with Gasteiger partial charge in [0.1, 0.15) is 0 Å². The SMILES string of the molecule is COc1ccc(CCNC(=O)C/C(C)=N\NC(=O)c2ccc([N+](=O)[O-])cc2)cc1OC. The molecule has 10 nitrogen and oxygen atoms in total. The van der Waals surface area contributed by atoms with Crippen molar-refractivity contribution in [3.63, 3.8) is 0 Å². The zero-order valence-electron chi connectivity index (χ0n) is 17.5. The Kier molecular flexibility index (Phi) is 8.50. The van der Waals surface area contributed by atoms with Gasteiger partial charge in [0.15, 0.2) is 11.5 Å². The lowest BCUT2D eigenvalue weighted by molar-refractivity contribution is -0.384. The summed E-state index contributed by atoms with van der Waals surface area (Å²) >= 11 is 0. The zero-order valence-corrected chi connectivity index (χ0v) is 17.5. The van der Waals surface area contributed by atoms with Gasteiger partial charge >= 0.3 is 0 Å². The molecule has 0 bridgehead atoms. The lowest BCUT2D eigenvalue weighted by atomic mass is 10.1. The highest BCUT2D eigenvalue weighted by Crippen LogP contribution is 2.27. The van der Waals surface area contributed by atoms with Crippen LogP contribution in [-0.4, -0.2) is 43.2 Å². The highest BCUT2D eigenvalue weighted by Gasteiger charge is 2.10. The predicted octanol–water partition coefficient (Wildman–Crippen LogP) is 2.47. The van der Waals surface area contributed by atoms with Gasteiger partial charge in [0, 0.05) is 30.0 Å². The number of nitro benzene ring substituents is 1. The molecule has 0 fully saturated rings. The number of hydrogen-bond donors (Lipinski definition) is 2. The number of nitrogens with one attached hydrogen (secondary N) is 2. The van der Waals surface area contributed by atoms with Crippen molar-refractivity contribution in [2.75, 3.05) is 20.8 Å². The van der Waals surface area contributed by atoms with Gasteiger partial charge in [-0.25, -0.2) is 5.43 Å². The van der Waals surface area contributed by atoms with Gasteiger partial charge < -0.3 is 14.8 Å². The summed E-state index contributed by atoms with van der Waals surface area (Å²) in [6.45, 7) is 2.04. The summed E-state index contributed by atoms with van der Waals surface area (Å²) in [5.41, 5.74) is 3.85. The van der Waals surface area contributed by atoms with Crippen molar-refractivity contribution in [1.82, 2.24) is 10.7 Å². The molecule has 0 atom stereocenters. The van der Waals surface area contributed by atoms with Crippen LogP contribution in [0.2, 0.25) is 0 Å². The number of nitro groups is 1. The highest BCUT2D eigenvalue weighted by molar-refractivity contribution is 6.01. The van der Waals surface area contributed by atoms with E-state index in [1.165, 1.54) is 24.3 Å². The molecule has 10 heteroatoms. The first-order valence-corrected chi connectivity index (χ1v) is 9.39. The van der Waals surface area contributed by atoms with Crippen LogP contribution in [0.15, 0.2) is 47.6 Å². The summed E-state index contributed by atoms with van der Waals surface area (Å²) in [4.78, 5) is 34.2. The van der Waals surface area contributed by atoms with Gasteiger partial charge in [-0.2, -0.15) is 5.10 Å². The first kappa shape index (κ1) is 23.3. The molecule has 2 aromatic rings. The average molecular weight is 428 g/mol. The van der Waals surface area contributed by atoms with Crippen LogP contribution in [0.5, 0.6) is 11.5 Å². The normalized spacial score (nSPS) is 10.9. The lowest BCUT2D eigenvalue weighted by Gasteiger charge is -2.10. The molecular formula is C21H24N4O6. The fraction of sp³-hybridized carbons (Fsp3) is 0.286. The fourth-order valence-corrected chi connectivity index (χ4v) is 2.66. The topological polar surface area (TPSA) is 132 Å². The summed E-state index contributed by atoms with van der Waals surface area (Å²) in [5, 5.41) is 17.3. The maximum absolute atomic E-state index is 12.1. The first-order valence-electron chi connectivity index (χ1n) is 9.39. The van der Waals surface area contributed by atoms with E-state index in [0.29, 0.717) is 30.2 Å². The summed E-state index contributed by atoms with van der Waals surface area (Å²) in [6, 6.07) is 10.7. The van der Waals surface area contributed by atoms with Crippen LogP contribution in [0.25, 0.3) is 0 Å². The van der Waals surface area contributed by atoms with Gasteiger partial charge in [-0.05, 0) is 43.2 Å². The summed E-state index contributed by atoms with van der Waals surface area (Å²) in [5.74, 6) is 0.505. The third-order valence-electron chi connectivity index (χ3n) is 4.29. The number of carbonyl (C=O) groups is 2. The monoisotopic (exact) mass is 428 g/mol. The minimum Gasteiger partial charge on any atom is -0.493 e. The van der Waals surface area contributed by atoms with Gasteiger partial charge in [0.2, 0.25) is 5.91 Å². The number of carbonyl (C=O) groups excluding carboxylic acids is 2. The van der Waals surface area contributed by atoms with Crippen LogP contribution < -0.4 is 20.2 Å². The number of benzene rings is 2. The molecule has 0 radical (unpaired) electrons. The Morgan fingerprint density at radius 2 is 1.74 bits per heavy atom. The molecule has 2 N–H and O–H groups in total. The molecule has 0 unspecified atom stereocenters. The Bertz CT molecular complexity index is 972. The smallest absolute Gasteiger partial charge is 0.271 e. The number of hydrazone groups is 1. The van der Waals surface area contributed by atoms with Crippen LogP contribution in [0.3, 0.4) is 0 Å². The Balaban J connectivity index is 1.79. The van der Waals surface area contributed by atoms with Gasteiger partial charge in [-0.15, -0.1) is 0 Å². The van der Waals surface area contributed by atoms with Gasteiger partial charge in [0.25, 0.3) is 11.6 Å². The molecule has 0 aliphatic rings. The average Bonchev–Trinajstić information content (AvgIpc) is 2.77. The van der Waals surface area contributed by atoms with E-state index in [-0.39, 0.29) is 23.6 Å². The van der Waals surface area contributed by atoms with E-state index in [0.717, 1.165) is 5.56 Å². The van der Waals surface area contributed by atoms with Crippen molar-refractivity contribution in [3.05, 3.63) is 63.7 Å². The molecule has 2 aromatic carbocycles. The molecule has 0 heterocycles. The van der Waals surface area contributed by atoms with Crippen molar-refractivity contribution in [3.8, 4) is 11.5 Å². The van der Waals surface area contributed by atoms with Crippen LogP contribution in [-0.2, 0) is 11.2 Å². The molecule has 0 saturated heterocycles. The molecule has 0 saturated carbocycles. The minimum atomic E-state index is -0.548. The second-order valence-corrected chi connectivity index (χ2v) is 6.56. The number of ether oxygens (including phenoxy) is 2. The summed E-state index contributed by atoms with van der Waals surface area (Å²) < 4.78 is 10.5. The van der Waals surface area contributed by atoms with E-state index >= 15 is 0 Å². The maximum Gasteiger partial charge on any atom is 0.271 e. The standard InChI is InChI=1S/C21H24N4O6/c1-14(23-24-21(27)16-5-7-17(8-6-16)25(28)29)12-20(26)22-11-10-15-4-9-18(30-2)19(13-15)31-3/h4-9,13H,10-12H2,1-3H3,(H,22,26)(H,24,27)/b23-14-. The first-order chi connectivity index (χ1) is 14.8. The largest absolute Gasteiger partial charge is 0.493 e. The number of rotatable bonds is 10. The Morgan fingerprint density at radius 1 is 1.06 bits per heavy atom. The molecule has 0 aliphatic heterocycles. The highest BCUT2D eigenvalue weighted by atomic mass is 16.6. The summed E-state index contributed by atoms with van der Waals surface area (Å²) in [6.07, 6.45) is 0.631.